The van der Waals surface area contributed by atoms with Crippen LogP contribution in [0.3, 0.4) is 0 Å². The van der Waals surface area contributed by atoms with Crippen molar-refractivity contribution >= 4 is 10.0 Å². The van der Waals surface area contributed by atoms with E-state index in [1.54, 1.807) is 30.7 Å². The number of methoxy groups -OCH3 is 2. The van der Waals surface area contributed by atoms with E-state index in [2.05, 4.69) is 4.90 Å². The molecule has 1 aliphatic rings. The number of piperazine rings is 1. The quantitative estimate of drug-likeness (QED) is 0.741. The van der Waals surface area contributed by atoms with Crippen molar-refractivity contribution in [1.82, 2.24) is 9.21 Å². The van der Waals surface area contributed by atoms with Gasteiger partial charge in [0.1, 0.15) is 11.5 Å². The Morgan fingerprint density at radius 3 is 2.21 bits per heavy atom. The van der Waals surface area contributed by atoms with Gasteiger partial charge in [0.15, 0.2) is 0 Å². The molecule has 0 saturated carbocycles. The first-order chi connectivity index (χ1) is 13.3. The van der Waals surface area contributed by atoms with E-state index < -0.39 is 10.0 Å². The molecular formula is C21H28N2O4S. The van der Waals surface area contributed by atoms with Crippen molar-refractivity contribution < 1.29 is 17.9 Å². The predicted octanol–water partition coefficient (Wildman–Crippen LogP) is 2.83. The van der Waals surface area contributed by atoms with E-state index in [1.807, 2.05) is 38.1 Å². The van der Waals surface area contributed by atoms with Crippen LogP contribution in [0.1, 0.15) is 16.7 Å². The summed E-state index contributed by atoms with van der Waals surface area (Å²) in [6.07, 6.45) is 0. The number of nitrogens with zero attached hydrogens (tertiary/aromatic N) is 2. The van der Waals surface area contributed by atoms with E-state index in [1.165, 1.54) is 0 Å². The molecule has 1 heterocycles. The first kappa shape index (κ1) is 20.6. The zero-order chi connectivity index (χ0) is 20.3. The Kier molecular flexibility index (Phi) is 6.27. The number of ether oxygens (including phenoxy) is 2. The average Bonchev–Trinajstić information content (AvgIpc) is 2.70. The Balaban J connectivity index is 1.68. The highest BCUT2D eigenvalue weighted by atomic mass is 32.2. The number of hydrogen-bond donors (Lipinski definition) is 0. The molecule has 2 aromatic rings. The van der Waals surface area contributed by atoms with E-state index in [-0.39, 0.29) is 0 Å². The monoisotopic (exact) mass is 404 g/mol. The summed E-state index contributed by atoms with van der Waals surface area (Å²) in [7, 11) is -0.166. The van der Waals surface area contributed by atoms with Gasteiger partial charge in [0.2, 0.25) is 10.0 Å². The Morgan fingerprint density at radius 1 is 0.893 bits per heavy atom. The largest absolute Gasteiger partial charge is 0.497 e. The summed E-state index contributed by atoms with van der Waals surface area (Å²) in [5, 5.41) is 0. The highest BCUT2D eigenvalue weighted by Crippen LogP contribution is 2.26. The van der Waals surface area contributed by atoms with Crippen LogP contribution in [0.15, 0.2) is 41.3 Å². The minimum atomic E-state index is -3.46. The molecule has 1 fully saturated rings. The Bertz CT molecular complexity index is 935. The molecule has 152 valence electrons. The lowest BCUT2D eigenvalue weighted by Gasteiger charge is -2.34. The minimum Gasteiger partial charge on any atom is -0.497 e. The molecule has 2 aromatic carbocycles. The van der Waals surface area contributed by atoms with Crippen molar-refractivity contribution in [3.8, 4) is 11.5 Å². The normalized spacial score (nSPS) is 16.1. The smallest absolute Gasteiger partial charge is 0.243 e. The van der Waals surface area contributed by atoms with Gasteiger partial charge in [-0.2, -0.15) is 4.31 Å². The summed E-state index contributed by atoms with van der Waals surface area (Å²) in [4.78, 5) is 2.61. The second-order valence-electron chi connectivity index (χ2n) is 7.10. The standard InChI is InChI=1S/C21H28N2O4S/c1-16-5-7-20(13-17(16)2)28(24,25)23-11-9-22(10-12-23)15-18-14-19(26-3)6-8-21(18)27-4/h5-8,13-14H,9-12,15H2,1-4H3. The van der Waals surface area contributed by atoms with Gasteiger partial charge in [-0.05, 0) is 55.3 Å². The van der Waals surface area contributed by atoms with E-state index in [9.17, 15) is 8.42 Å². The van der Waals surface area contributed by atoms with Gasteiger partial charge in [-0.1, -0.05) is 6.07 Å². The molecule has 0 radical (unpaired) electrons. The molecule has 0 aliphatic carbocycles. The topological polar surface area (TPSA) is 59.1 Å². The third-order valence-electron chi connectivity index (χ3n) is 5.33. The molecule has 0 N–H and O–H groups in total. The van der Waals surface area contributed by atoms with E-state index in [0.29, 0.717) is 37.6 Å². The predicted molar refractivity (Wildman–Crippen MR) is 109 cm³/mol. The van der Waals surface area contributed by atoms with Crippen molar-refractivity contribution in [1.29, 1.82) is 0 Å². The first-order valence-corrected chi connectivity index (χ1v) is 10.8. The summed E-state index contributed by atoms with van der Waals surface area (Å²) in [5.74, 6) is 1.60. The van der Waals surface area contributed by atoms with Gasteiger partial charge in [0.25, 0.3) is 0 Å². The molecule has 1 saturated heterocycles. The van der Waals surface area contributed by atoms with Crippen molar-refractivity contribution in [3.63, 3.8) is 0 Å². The van der Waals surface area contributed by atoms with E-state index in [0.717, 1.165) is 28.2 Å². The number of hydrogen-bond acceptors (Lipinski definition) is 5. The molecule has 28 heavy (non-hydrogen) atoms. The second kappa shape index (κ2) is 8.51. The highest BCUT2D eigenvalue weighted by Gasteiger charge is 2.29. The molecular weight excluding hydrogens is 376 g/mol. The Labute approximate surface area is 167 Å². The van der Waals surface area contributed by atoms with E-state index in [4.69, 9.17) is 9.47 Å². The Hall–Kier alpha value is -2.09. The summed E-state index contributed by atoms with van der Waals surface area (Å²) < 4.78 is 38.3. The molecule has 0 aromatic heterocycles. The first-order valence-electron chi connectivity index (χ1n) is 9.36. The lowest BCUT2D eigenvalue weighted by molar-refractivity contribution is 0.180. The SMILES string of the molecule is COc1ccc(OC)c(CN2CCN(S(=O)(=O)c3ccc(C)c(C)c3)CC2)c1. The summed E-state index contributed by atoms with van der Waals surface area (Å²) in [6.45, 7) is 6.90. The zero-order valence-electron chi connectivity index (χ0n) is 16.9. The van der Waals surface area contributed by atoms with Crippen LogP contribution in [0.5, 0.6) is 11.5 Å². The minimum absolute atomic E-state index is 0.374. The molecule has 0 spiro atoms. The van der Waals surface area contributed by atoms with Crippen molar-refractivity contribution in [3.05, 3.63) is 53.1 Å². The third kappa shape index (κ3) is 4.32. The van der Waals surface area contributed by atoms with Gasteiger partial charge < -0.3 is 9.47 Å². The molecule has 3 rings (SSSR count). The summed E-state index contributed by atoms with van der Waals surface area (Å²) >= 11 is 0. The van der Waals surface area contributed by atoms with Gasteiger partial charge >= 0.3 is 0 Å². The summed E-state index contributed by atoms with van der Waals surface area (Å²) in [5.41, 5.74) is 3.12. The van der Waals surface area contributed by atoms with Crippen LogP contribution >= 0.6 is 0 Å². The van der Waals surface area contributed by atoms with Crippen LogP contribution in [-0.4, -0.2) is 58.0 Å². The third-order valence-corrected chi connectivity index (χ3v) is 7.22. The van der Waals surface area contributed by atoms with Gasteiger partial charge in [0, 0.05) is 38.3 Å². The van der Waals surface area contributed by atoms with Crippen LogP contribution in [-0.2, 0) is 16.6 Å². The van der Waals surface area contributed by atoms with Crippen molar-refractivity contribution in [2.75, 3.05) is 40.4 Å². The van der Waals surface area contributed by atoms with Gasteiger partial charge in [0.05, 0.1) is 19.1 Å². The highest BCUT2D eigenvalue weighted by molar-refractivity contribution is 7.89. The van der Waals surface area contributed by atoms with Crippen LogP contribution in [0.4, 0.5) is 0 Å². The fourth-order valence-corrected chi connectivity index (χ4v) is 4.91. The van der Waals surface area contributed by atoms with E-state index >= 15 is 0 Å². The molecule has 0 atom stereocenters. The lowest BCUT2D eigenvalue weighted by atomic mass is 10.1. The maximum Gasteiger partial charge on any atom is 0.243 e. The van der Waals surface area contributed by atoms with Gasteiger partial charge in [-0.3, -0.25) is 4.90 Å². The molecule has 7 heteroatoms. The van der Waals surface area contributed by atoms with Crippen molar-refractivity contribution in [2.24, 2.45) is 0 Å². The molecule has 6 nitrogen and oxygen atoms in total. The maximum absolute atomic E-state index is 13.0. The molecule has 1 aliphatic heterocycles. The number of aryl methyl sites for hydroxylation is 2. The fraction of sp³-hybridized carbons (Fsp3) is 0.429. The zero-order valence-corrected chi connectivity index (χ0v) is 17.8. The summed E-state index contributed by atoms with van der Waals surface area (Å²) in [6, 6.07) is 11.1. The van der Waals surface area contributed by atoms with Crippen LogP contribution in [0.2, 0.25) is 0 Å². The van der Waals surface area contributed by atoms with Gasteiger partial charge in [-0.25, -0.2) is 8.42 Å². The molecule has 0 unspecified atom stereocenters. The average molecular weight is 405 g/mol. The molecule has 0 amide bonds. The fourth-order valence-electron chi connectivity index (χ4n) is 3.40. The number of rotatable bonds is 6. The Morgan fingerprint density at radius 2 is 1.61 bits per heavy atom. The van der Waals surface area contributed by atoms with Gasteiger partial charge in [-0.15, -0.1) is 0 Å². The van der Waals surface area contributed by atoms with Crippen LogP contribution < -0.4 is 9.47 Å². The molecule has 0 bridgehead atoms. The lowest BCUT2D eigenvalue weighted by Crippen LogP contribution is -2.48. The van der Waals surface area contributed by atoms with Crippen molar-refractivity contribution in [2.45, 2.75) is 25.3 Å². The second-order valence-corrected chi connectivity index (χ2v) is 9.04. The van der Waals surface area contributed by atoms with Crippen LogP contribution in [0, 0.1) is 13.8 Å². The number of sulfonamides is 1. The van der Waals surface area contributed by atoms with Crippen LogP contribution in [0.25, 0.3) is 0 Å². The number of benzene rings is 2. The maximum atomic E-state index is 13.0.